The lowest BCUT2D eigenvalue weighted by Crippen LogP contribution is -1.91. The van der Waals surface area contributed by atoms with Gasteiger partial charge in [-0.05, 0) is 5.92 Å². The van der Waals surface area contributed by atoms with Crippen LogP contribution in [0.3, 0.4) is 0 Å². The van der Waals surface area contributed by atoms with E-state index in [0.29, 0.717) is 0 Å². The van der Waals surface area contributed by atoms with Crippen molar-refractivity contribution >= 4 is 0 Å². The molecule has 0 spiro atoms. The monoisotopic (exact) mass is 174 g/mol. The third-order valence-electron chi connectivity index (χ3n) is 1.56. The molecule has 0 atom stereocenters. The summed E-state index contributed by atoms with van der Waals surface area (Å²) < 4.78 is 0. The molecule has 0 aliphatic carbocycles. The van der Waals surface area contributed by atoms with E-state index in [0.717, 1.165) is 5.92 Å². The third-order valence-corrected chi connectivity index (χ3v) is 1.56. The van der Waals surface area contributed by atoms with Gasteiger partial charge in [0.25, 0.3) is 0 Å². The minimum atomic E-state index is 0.963. The number of hydrogen-bond acceptors (Lipinski definition) is 0. The Hall–Kier alpha value is 0. The summed E-state index contributed by atoms with van der Waals surface area (Å²) in [6, 6.07) is 0. The van der Waals surface area contributed by atoms with Crippen molar-refractivity contribution in [3.05, 3.63) is 0 Å². The molecule has 0 fully saturated rings. The van der Waals surface area contributed by atoms with Crippen molar-refractivity contribution in [2.24, 2.45) is 5.92 Å². The number of hydrogen-bond donors (Lipinski definition) is 0. The standard InChI is InChI=1S/C8H18.2C2H6/c1-4-6-8(3)7-5-2;2*1-2/h8H,4-7H2,1-3H3;2*1-2H3. The molecular weight excluding hydrogens is 144 g/mol. The molecule has 0 saturated carbocycles. The summed E-state index contributed by atoms with van der Waals surface area (Å²) >= 11 is 0. The van der Waals surface area contributed by atoms with E-state index < -0.39 is 0 Å². The summed E-state index contributed by atoms with van der Waals surface area (Å²) in [7, 11) is 0. The molecule has 0 rings (SSSR count). The van der Waals surface area contributed by atoms with Crippen molar-refractivity contribution in [2.75, 3.05) is 0 Å². The van der Waals surface area contributed by atoms with Gasteiger partial charge in [-0.1, -0.05) is 74.1 Å². The normalized spacial score (nSPS) is 8.00. The van der Waals surface area contributed by atoms with Gasteiger partial charge in [-0.3, -0.25) is 0 Å². The zero-order valence-electron chi connectivity index (χ0n) is 10.4. The van der Waals surface area contributed by atoms with Crippen molar-refractivity contribution in [1.82, 2.24) is 0 Å². The second-order valence-corrected chi connectivity index (χ2v) is 2.68. The van der Waals surface area contributed by atoms with E-state index in [1.165, 1.54) is 25.7 Å². The van der Waals surface area contributed by atoms with Crippen LogP contribution in [0.5, 0.6) is 0 Å². The van der Waals surface area contributed by atoms with Crippen molar-refractivity contribution in [2.45, 2.75) is 74.1 Å². The Bertz CT molecular complexity index is 33.3. The van der Waals surface area contributed by atoms with Gasteiger partial charge in [0.05, 0.1) is 0 Å². The molecular formula is C12H30. The van der Waals surface area contributed by atoms with E-state index in [2.05, 4.69) is 20.8 Å². The second-order valence-electron chi connectivity index (χ2n) is 2.68. The first-order chi connectivity index (χ1) is 5.81. The average molecular weight is 174 g/mol. The zero-order valence-corrected chi connectivity index (χ0v) is 10.4. The van der Waals surface area contributed by atoms with Crippen molar-refractivity contribution in [3.63, 3.8) is 0 Å². The molecule has 0 aromatic carbocycles. The van der Waals surface area contributed by atoms with Gasteiger partial charge >= 0.3 is 0 Å². The average Bonchev–Trinajstić information content (AvgIpc) is 2.12. The summed E-state index contributed by atoms with van der Waals surface area (Å²) in [5, 5.41) is 0. The Morgan fingerprint density at radius 3 is 1.17 bits per heavy atom. The van der Waals surface area contributed by atoms with Crippen LogP contribution >= 0.6 is 0 Å². The lowest BCUT2D eigenvalue weighted by Gasteiger charge is -2.05. The van der Waals surface area contributed by atoms with Crippen LogP contribution in [-0.4, -0.2) is 0 Å². The van der Waals surface area contributed by atoms with Crippen LogP contribution in [0, 0.1) is 5.92 Å². The van der Waals surface area contributed by atoms with E-state index in [4.69, 9.17) is 0 Å². The summed E-state index contributed by atoms with van der Waals surface area (Å²) in [4.78, 5) is 0. The fourth-order valence-corrected chi connectivity index (χ4v) is 1.13. The van der Waals surface area contributed by atoms with Gasteiger partial charge in [0.1, 0.15) is 0 Å². The van der Waals surface area contributed by atoms with Gasteiger partial charge in [0, 0.05) is 0 Å². The van der Waals surface area contributed by atoms with Crippen molar-refractivity contribution in [1.29, 1.82) is 0 Å². The van der Waals surface area contributed by atoms with Crippen LogP contribution in [0.4, 0.5) is 0 Å². The molecule has 0 radical (unpaired) electrons. The molecule has 12 heavy (non-hydrogen) atoms. The first-order valence-electron chi connectivity index (χ1n) is 5.81. The van der Waals surface area contributed by atoms with Crippen molar-refractivity contribution in [3.8, 4) is 0 Å². The highest BCUT2D eigenvalue weighted by Gasteiger charge is 1.95. The van der Waals surface area contributed by atoms with Gasteiger partial charge in [-0.15, -0.1) is 0 Å². The summed E-state index contributed by atoms with van der Waals surface area (Å²) in [6.45, 7) is 14.9. The third kappa shape index (κ3) is 22.5. The summed E-state index contributed by atoms with van der Waals surface area (Å²) in [5.74, 6) is 0.963. The van der Waals surface area contributed by atoms with Crippen LogP contribution < -0.4 is 0 Å². The lowest BCUT2D eigenvalue weighted by molar-refractivity contribution is 0.480. The first kappa shape index (κ1) is 17.9. The molecule has 0 N–H and O–H groups in total. The molecule has 0 amide bonds. The predicted octanol–water partition coefficient (Wildman–Crippen LogP) is 5.28. The molecule has 0 saturated heterocycles. The zero-order chi connectivity index (χ0) is 10.4. The molecule has 0 bridgehead atoms. The fraction of sp³-hybridized carbons (Fsp3) is 1.00. The van der Waals surface area contributed by atoms with Crippen molar-refractivity contribution < 1.29 is 0 Å². The van der Waals surface area contributed by atoms with Gasteiger partial charge in [-0.2, -0.15) is 0 Å². The maximum atomic E-state index is 2.34. The van der Waals surface area contributed by atoms with Gasteiger partial charge in [0.2, 0.25) is 0 Å². The van der Waals surface area contributed by atoms with E-state index in [1.54, 1.807) is 0 Å². The molecule has 78 valence electrons. The Labute approximate surface area is 80.8 Å². The van der Waals surface area contributed by atoms with Gasteiger partial charge in [-0.25, -0.2) is 0 Å². The predicted molar refractivity (Wildman–Crippen MR) is 61.7 cm³/mol. The minimum Gasteiger partial charge on any atom is -0.0683 e. The smallest absolute Gasteiger partial charge is 0.0443 e. The Kier molecular flexibility index (Phi) is 33.5. The van der Waals surface area contributed by atoms with Gasteiger partial charge in [0.15, 0.2) is 0 Å². The molecule has 0 aromatic rings. The summed E-state index contributed by atoms with van der Waals surface area (Å²) in [5.41, 5.74) is 0. The topological polar surface area (TPSA) is 0 Å². The van der Waals surface area contributed by atoms with E-state index in [1.807, 2.05) is 27.7 Å². The highest BCUT2D eigenvalue weighted by molar-refractivity contribution is 4.48. The molecule has 0 nitrogen and oxygen atoms in total. The van der Waals surface area contributed by atoms with Crippen LogP contribution in [0.1, 0.15) is 74.1 Å². The van der Waals surface area contributed by atoms with Gasteiger partial charge < -0.3 is 0 Å². The van der Waals surface area contributed by atoms with Crippen LogP contribution in [0.25, 0.3) is 0 Å². The highest BCUT2D eigenvalue weighted by Crippen LogP contribution is 2.10. The maximum absolute atomic E-state index is 2.34. The van der Waals surface area contributed by atoms with Crippen LogP contribution in [0.2, 0.25) is 0 Å². The molecule has 0 heterocycles. The van der Waals surface area contributed by atoms with Crippen LogP contribution in [0.15, 0.2) is 0 Å². The minimum absolute atomic E-state index is 0.963. The second kappa shape index (κ2) is 22.4. The fourth-order valence-electron chi connectivity index (χ4n) is 1.13. The molecule has 0 unspecified atom stereocenters. The van der Waals surface area contributed by atoms with E-state index in [-0.39, 0.29) is 0 Å². The van der Waals surface area contributed by atoms with E-state index in [9.17, 15) is 0 Å². The van der Waals surface area contributed by atoms with Crippen LogP contribution in [-0.2, 0) is 0 Å². The lowest BCUT2D eigenvalue weighted by atomic mass is 10.0. The largest absolute Gasteiger partial charge is 0.0683 e. The Balaban J connectivity index is -0.000000175. The Morgan fingerprint density at radius 2 is 1.00 bits per heavy atom. The Morgan fingerprint density at radius 1 is 0.750 bits per heavy atom. The SMILES string of the molecule is CC.CC.CCCC(C)CCC. The van der Waals surface area contributed by atoms with E-state index >= 15 is 0 Å². The summed E-state index contributed by atoms with van der Waals surface area (Å²) in [6.07, 6.45) is 5.52. The maximum Gasteiger partial charge on any atom is -0.0443 e. The quantitative estimate of drug-likeness (QED) is 0.544. The highest BCUT2D eigenvalue weighted by atomic mass is 14.0. The first-order valence-corrected chi connectivity index (χ1v) is 5.81. The molecule has 0 aliphatic heterocycles. The molecule has 0 aromatic heterocycles. The number of rotatable bonds is 4. The molecule has 0 heteroatoms. The molecule has 0 aliphatic rings.